The van der Waals surface area contributed by atoms with E-state index in [9.17, 15) is 38.4 Å². The fourth-order valence-corrected chi connectivity index (χ4v) is 8.87. The quantitative estimate of drug-likeness (QED) is 0.101. The van der Waals surface area contributed by atoms with Crippen molar-refractivity contribution in [3.05, 3.63) is 55.2 Å². The van der Waals surface area contributed by atoms with Crippen LogP contribution in [-0.2, 0) is 47.7 Å². The Bertz CT molecular complexity index is 2290. The van der Waals surface area contributed by atoms with Gasteiger partial charge in [0.15, 0.2) is 35.2 Å². The van der Waals surface area contributed by atoms with Crippen LogP contribution in [0.15, 0.2) is 33.7 Å². The van der Waals surface area contributed by atoms with E-state index in [1.54, 1.807) is 10.8 Å². The van der Waals surface area contributed by atoms with Gasteiger partial charge < -0.3 is 37.9 Å². The highest BCUT2D eigenvalue weighted by atomic mass is 32.1. The van der Waals surface area contributed by atoms with E-state index < -0.39 is 59.7 Å². The third kappa shape index (κ3) is 9.15. The van der Waals surface area contributed by atoms with Gasteiger partial charge in [0.2, 0.25) is 0 Å². The smallest absolute Gasteiger partial charge is 0.305 e. The molecule has 326 valence electrons. The lowest BCUT2D eigenvalue weighted by Crippen LogP contribution is -2.57. The van der Waals surface area contributed by atoms with Gasteiger partial charge in [-0.25, -0.2) is 0 Å². The van der Waals surface area contributed by atoms with Crippen molar-refractivity contribution >= 4 is 81.3 Å². The highest BCUT2D eigenvalue weighted by molar-refractivity contribution is 7.08. The van der Waals surface area contributed by atoms with E-state index in [-0.39, 0.29) is 137 Å². The number of hydrogen-bond acceptors (Lipinski definition) is 18. The fourth-order valence-electron chi connectivity index (χ4n) is 7.52. The van der Waals surface area contributed by atoms with Crippen LogP contribution in [-0.4, -0.2) is 122 Å². The number of fused-ring (bicyclic) bond motifs is 2. The summed E-state index contributed by atoms with van der Waals surface area (Å²) >= 11 is 2.88. The molecule has 0 bridgehead atoms. The minimum Gasteiger partial charge on any atom is -0.485 e. The first-order chi connectivity index (χ1) is 30.0. The second-order valence-corrected chi connectivity index (χ2v) is 16.2. The molecular weight excluding hydrogens is 853 g/mol. The lowest BCUT2D eigenvalue weighted by molar-refractivity contribution is -0.149. The number of benzene rings is 1. The van der Waals surface area contributed by atoms with Gasteiger partial charge in [0.05, 0.1) is 13.1 Å². The molecule has 0 fully saturated rings. The van der Waals surface area contributed by atoms with Crippen LogP contribution in [0.25, 0.3) is 11.1 Å². The van der Waals surface area contributed by atoms with Crippen LogP contribution < -0.4 is 29.4 Å². The Morgan fingerprint density at radius 2 is 0.935 bits per heavy atom. The molecule has 3 aromatic rings. The van der Waals surface area contributed by atoms with Gasteiger partial charge in [-0.2, -0.15) is 0 Å². The predicted molar refractivity (Wildman–Crippen MR) is 214 cm³/mol. The van der Waals surface area contributed by atoms with E-state index >= 15 is 0 Å². The van der Waals surface area contributed by atoms with Crippen molar-refractivity contribution in [1.29, 1.82) is 0 Å². The summed E-state index contributed by atoms with van der Waals surface area (Å²) in [5, 5.41) is 7.74. The van der Waals surface area contributed by atoms with Gasteiger partial charge in [-0.3, -0.25) is 48.2 Å². The molecule has 2 unspecified atom stereocenters. The number of rotatable bonds is 18. The van der Waals surface area contributed by atoms with Crippen molar-refractivity contribution in [2.75, 3.05) is 52.7 Å². The molecule has 4 amide bonds. The van der Waals surface area contributed by atoms with Crippen molar-refractivity contribution in [3.63, 3.8) is 0 Å². The van der Waals surface area contributed by atoms with Gasteiger partial charge in [-0.1, -0.05) is 0 Å². The number of imide groups is 2. The summed E-state index contributed by atoms with van der Waals surface area (Å²) in [7, 11) is 0. The summed E-state index contributed by atoms with van der Waals surface area (Å²) in [6.07, 6.45) is -0.547. The van der Waals surface area contributed by atoms with Gasteiger partial charge in [-0.05, 0) is 37.8 Å². The number of nitrogens with zero attached hydrogens (tertiary/aromatic N) is 2. The molecule has 0 spiro atoms. The molecule has 18 nitrogen and oxygen atoms in total. The molecule has 4 aliphatic heterocycles. The van der Waals surface area contributed by atoms with Crippen molar-refractivity contribution in [1.82, 2.24) is 9.80 Å². The average molecular weight is 893 g/mol. The Kier molecular flexibility index (Phi) is 12.8. The fraction of sp³-hybridized carbons (Fsp3) is 0.429. The molecule has 1 aliphatic carbocycles. The van der Waals surface area contributed by atoms with Crippen molar-refractivity contribution in [2.24, 2.45) is 0 Å². The number of hydrogen-bond donors (Lipinski definition) is 0. The summed E-state index contributed by atoms with van der Waals surface area (Å²) in [4.78, 5) is 106. The first kappa shape index (κ1) is 42.4. The largest absolute Gasteiger partial charge is 0.485 e. The summed E-state index contributed by atoms with van der Waals surface area (Å²) < 4.78 is 43.6. The monoisotopic (exact) mass is 892 g/mol. The molecule has 5 aliphatic rings. The molecule has 0 radical (unpaired) electrons. The summed E-state index contributed by atoms with van der Waals surface area (Å²) in [6, 6.07) is 2.87. The predicted octanol–water partition coefficient (Wildman–Crippen LogP) is 2.06. The SMILES string of the molecule is O=C(CCCC(=O)OCC1COc2cscc2O1)OCCN1C(=O)C2=c3c(ccc4c3=C(CC2)C(=O)N(CCOC(=O)CCCC(=O)OCC2COc3cscc3O2)C4=O)C1=O. The zero-order valence-electron chi connectivity index (χ0n) is 33.2. The summed E-state index contributed by atoms with van der Waals surface area (Å²) in [5.41, 5.74) is 0.820. The van der Waals surface area contributed by atoms with Crippen LogP contribution in [0.5, 0.6) is 23.0 Å². The first-order valence-corrected chi connectivity index (χ1v) is 21.9. The van der Waals surface area contributed by atoms with E-state index in [0.717, 1.165) is 9.80 Å². The maximum absolute atomic E-state index is 13.6. The minimum atomic E-state index is -0.660. The maximum Gasteiger partial charge on any atom is 0.305 e. The Labute approximate surface area is 360 Å². The zero-order chi connectivity index (χ0) is 43.3. The molecular formula is C42H40N2O16S2. The summed E-state index contributed by atoms with van der Waals surface area (Å²) in [5.74, 6) is -2.28. The highest BCUT2D eigenvalue weighted by Crippen LogP contribution is 2.36. The van der Waals surface area contributed by atoms with E-state index in [1.165, 1.54) is 34.8 Å². The molecule has 8 rings (SSSR count). The maximum atomic E-state index is 13.6. The second-order valence-electron chi connectivity index (χ2n) is 14.7. The van der Waals surface area contributed by atoms with Crippen LogP contribution >= 0.6 is 22.7 Å². The van der Waals surface area contributed by atoms with E-state index in [1.807, 2.05) is 10.8 Å². The standard InChI is InChI=1S/C42H40N2O16S2/c45-33(3-1-5-35(47)57-17-23-15-55-29-19-61-21-31(29)59-23)53-13-11-43-39(49)25-7-9-27-38-28(10-8-26(37(25)38)40(43)50)42(52)44(41(27)51)12-14-54-34(46)4-2-6-36(48)58-18-24-16-56-30-20-62-22-32(30)60-24/h7,9,19-24H,1-6,8,10-18H2. The Morgan fingerprint density at radius 1 is 0.548 bits per heavy atom. The number of carbonyl (C=O) groups is 8. The third-order valence-corrected chi connectivity index (χ3v) is 12.0. The molecule has 2 atom stereocenters. The molecule has 1 aromatic carbocycles. The van der Waals surface area contributed by atoms with Crippen molar-refractivity contribution in [3.8, 4) is 23.0 Å². The molecule has 2 aromatic heterocycles. The Hall–Kier alpha value is -6.28. The number of carbonyl (C=O) groups excluding carboxylic acids is 8. The molecule has 62 heavy (non-hydrogen) atoms. The molecule has 20 heteroatoms. The van der Waals surface area contributed by atoms with Gasteiger partial charge in [-0.15, -0.1) is 22.7 Å². The van der Waals surface area contributed by atoms with Crippen molar-refractivity contribution < 1.29 is 76.3 Å². The average Bonchev–Trinajstić information content (AvgIpc) is 3.95. The summed E-state index contributed by atoms with van der Waals surface area (Å²) in [6.45, 7) is -0.510. The number of thiophene rings is 2. The van der Waals surface area contributed by atoms with E-state index in [2.05, 4.69) is 0 Å². The first-order valence-electron chi connectivity index (χ1n) is 20.0. The van der Waals surface area contributed by atoms with E-state index in [0.29, 0.717) is 23.0 Å². The molecule has 0 N–H and O–H groups in total. The third-order valence-electron chi connectivity index (χ3n) is 10.6. The molecule has 0 saturated heterocycles. The van der Waals surface area contributed by atoms with Crippen LogP contribution in [0.1, 0.15) is 72.1 Å². The van der Waals surface area contributed by atoms with Gasteiger partial charge >= 0.3 is 23.9 Å². The van der Waals surface area contributed by atoms with Crippen LogP contribution in [0.4, 0.5) is 0 Å². The Morgan fingerprint density at radius 3 is 1.35 bits per heavy atom. The van der Waals surface area contributed by atoms with Crippen LogP contribution in [0, 0.1) is 0 Å². The van der Waals surface area contributed by atoms with Gasteiger partial charge in [0, 0.05) is 79.9 Å². The Balaban J connectivity index is 0.768. The highest BCUT2D eigenvalue weighted by Gasteiger charge is 2.40. The van der Waals surface area contributed by atoms with Gasteiger partial charge in [0.1, 0.15) is 39.6 Å². The van der Waals surface area contributed by atoms with Crippen LogP contribution in [0.2, 0.25) is 0 Å². The topological polar surface area (TPSA) is 217 Å². The lowest BCUT2D eigenvalue weighted by atomic mass is 9.83. The lowest BCUT2D eigenvalue weighted by Gasteiger charge is -2.33. The minimum absolute atomic E-state index is 0.00203. The number of amides is 4. The van der Waals surface area contributed by atoms with Gasteiger partial charge in [0.25, 0.3) is 23.6 Å². The number of ether oxygens (including phenoxy) is 8. The van der Waals surface area contributed by atoms with E-state index in [4.69, 9.17) is 37.9 Å². The second kappa shape index (κ2) is 18.8. The molecule has 0 saturated carbocycles. The zero-order valence-corrected chi connectivity index (χ0v) is 34.8. The van der Waals surface area contributed by atoms with Crippen molar-refractivity contribution in [2.45, 2.75) is 63.6 Å². The normalized spacial score (nSPS) is 18.3. The molecule has 6 heterocycles. The number of esters is 4. The van der Waals surface area contributed by atoms with Crippen LogP contribution in [0.3, 0.4) is 0 Å².